The predicted octanol–water partition coefficient (Wildman–Crippen LogP) is 4.81. The first-order chi connectivity index (χ1) is 15.0. The number of nitrogens with one attached hydrogen (secondary N) is 1. The van der Waals surface area contributed by atoms with Crippen LogP contribution < -0.4 is 9.47 Å². The van der Waals surface area contributed by atoms with Gasteiger partial charge in [-0.05, 0) is 44.2 Å². The number of ketones is 1. The summed E-state index contributed by atoms with van der Waals surface area (Å²) in [4.78, 5) is 16.9. The molecule has 2 aromatic heterocycles. The number of nitrogens with zero attached hydrogens (tertiary/aromatic N) is 3. The van der Waals surface area contributed by atoms with Crippen LogP contribution >= 0.6 is 11.6 Å². The minimum absolute atomic E-state index is 0.179. The number of alkyl halides is 3. The molecular formula is C20H17ClF4N4O3. The lowest BCUT2D eigenvalue weighted by Crippen LogP contribution is -2.37. The number of hydrogen-bond acceptors (Lipinski definition) is 6. The van der Waals surface area contributed by atoms with E-state index in [1.807, 2.05) is 0 Å². The Bertz CT molecular complexity index is 1070. The molecule has 170 valence electrons. The lowest BCUT2D eigenvalue weighted by Gasteiger charge is -2.27. The van der Waals surface area contributed by atoms with E-state index in [-0.39, 0.29) is 29.0 Å². The zero-order valence-electron chi connectivity index (χ0n) is 16.8. The van der Waals surface area contributed by atoms with Crippen molar-refractivity contribution >= 4 is 17.4 Å². The Hall–Kier alpha value is -3.21. The molecular weight excluding hydrogens is 456 g/mol. The highest BCUT2D eigenvalue weighted by molar-refractivity contribution is 6.31. The van der Waals surface area contributed by atoms with Crippen LogP contribution in [-0.2, 0) is 11.0 Å². The highest BCUT2D eigenvalue weighted by Crippen LogP contribution is 2.35. The van der Waals surface area contributed by atoms with Crippen LogP contribution in [0.25, 0.3) is 0 Å². The van der Waals surface area contributed by atoms with Gasteiger partial charge in [-0.1, -0.05) is 11.6 Å². The molecule has 2 heterocycles. The Labute approximate surface area is 184 Å². The van der Waals surface area contributed by atoms with Gasteiger partial charge < -0.3 is 9.47 Å². The SMILES string of the molecule is CC(C)(COc1ncc(C(F)(F)F)cc1Cl)C(=O)C(Oc1ccc(F)cc1)c1cn[nH]n1. The number of hydrogen-bond donors (Lipinski definition) is 1. The number of rotatable bonds is 8. The van der Waals surface area contributed by atoms with Gasteiger partial charge in [-0.3, -0.25) is 4.79 Å². The minimum Gasteiger partial charge on any atom is -0.476 e. The van der Waals surface area contributed by atoms with E-state index in [4.69, 9.17) is 21.1 Å². The highest BCUT2D eigenvalue weighted by atomic mass is 35.5. The quantitative estimate of drug-likeness (QED) is 0.473. The van der Waals surface area contributed by atoms with E-state index in [9.17, 15) is 22.4 Å². The summed E-state index contributed by atoms with van der Waals surface area (Å²) in [6, 6.07) is 5.74. The number of benzene rings is 1. The maximum Gasteiger partial charge on any atom is 0.417 e. The van der Waals surface area contributed by atoms with Crippen LogP contribution in [0.3, 0.4) is 0 Å². The summed E-state index contributed by atoms with van der Waals surface area (Å²) in [5.41, 5.74) is -2.06. The number of Topliss-reactive ketones (excluding diaryl/α,β-unsaturated/α-hetero) is 1. The van der Waals surface area contributed by atoms with Crippen molar-refractivity contribution in [3.8, 4) is 11.6 Å². The van der Waals surface area contributed by atoms with Crippen molar-refractivity contribution in [1.29, 1.82) is 0 Å². The summed E-state index contributed by atoms with van der Waals surface area (Å²) in [6.45, 7) is 2.83. The fraction of sp³-hybridized carbons (Fsp3) is 0.300. The third kappa shape index (κ3) is 5.52. The molecule has 0 spiro atoms. The Morgan fingerprint density at radius 1 is 1.19 bits per heavy atom. The molecule has 3 aromatic rings. The summed E-state index contributed by atoms with van der Waals surface area (Å²) < 4.78 is 62.7. The van der Waals surface area contributed by atoms with Gasteiger partial charge in [-0.25, -0.2) is 9.37 Å². The predicted molar refractivity (Wildman–Crippen MR) is 105 cm³/mol. The van der Waals surface area contributed by atoms with Gasteiger partial charge in [-0.2, -0.15) is 28.6 Å². The molecule has 1 aromatic carbocycles. The average Bonchev–Trinajstić information content (AvgIpc) is 3.26. The molecule has 7 nitrogen and oxygen atoms in total. The zero-order valence-corrected chi connectivity index (χ0v) is 17.5. The minimum atomic E-state index is -4.60. The number of halogens is 5. The largest absolute Gasteiger partial charge is 0.476 e. The van der Waals surface area contributed by atoms with Crippen molar-refractivity contribution < 1.29 is 31.8 Å². The van der Waals surface area contributed by atoms with Gasteiger partial charge in [0.05, 0.1) is 17.2 Å². The lowest BCUT2D eigenvalue weighted by molar-refractivity contribution is -0.137. The Morgan fingerprint density at radius 2 is 1.88 bits per heavy atom. The lowest BCUT2D eigenvalue weighted by atomic mass is 9.85. The van der Waals surface area contributed by atoms with Crippen molar-refractivity contribution in [2.24, 2.45) is 5.41 Å². The van der Waals surface area contributed by atoms with E-state index < -0.39 is 34.9 Å². The van der Waals surface area contributed by atoms with Crippen molar-refractivity contribution in [3.05, 3.63) is 64.8 Å². The van der Waals surface area contributed by atoms with Crippen molar-refractivity contribution in [3.63, 3.8) is 0 Å². The second-order valence-corrected chi connectivity index (χ2v) is 7.80. The maximum absolute atomic E-state index is 13.3. The molecule has 32 heavy (non-hydrogen) atoms. The maximum atomic E-state index is 13.3. The molecule has 12 heteroatoms. The number of H-pyrrole nitrogens is 1. The van der Waals surface area contributed by atoms with E-state index in [0.29, 0.717) is 12.3 Å². The molecule has 3 rings (SSSR count). The molecule has 0 saturated heterocycles. The smallest absolute Gasteiger partial charge is 0.417 e. The van der Waals surface area contributed by atoms with Crippen LogP contribution in [-0.4, -0.2) is 32.8 Å². The fourth-order valence-electron chi connectivity index (χ4n) is 2.60. The molecule has 0 aliphatic heterocycles. The molecule has 1 unspecified atom stereocenters. The molecule has 0 aliphatic rings. The van der Waals surface area contributed by atoms with E-state index in [1.165, 1.54) is 30.5 Å². The summed E-state index contributed by atoms with van der Waals surface area (Å²) in [6.07, 6.45) is -3.93. The second-order valence-electron chi connectivity index (χ2n) is 7.39. The monoisotopic (exact) mass is 472 g/mol. The van der Waals surface area contributed by atoms with Gasteiger partial charge in [0, 0.05) is 6.20 Å². The van der Waals surface area contributed by atoms with E-state index in [2.05, 4.69) is 20.4 Å². The summed E-state index contributed by atoms with van der Waals surface area (Å²) >= 11 is 5.86. The molecule has 0 saturated carbocycles. The molecule has 0 radical (unpaired) electrons. The van der Waals surface area contributed by atoms with Gasteiger partial charge >= 0.3 is 6.18 Å². The molecule has 1 atom stereocenters. The van der Waals surface area contributed by atoms with E-state index in [0.717, 1.165) is 0 Å². The van der Waals surface area contributed by atoms with Crippen LogP contribution in [0.5, 0.6) is 11.6 Å². The first-order valence-electron chi connectivity index (χ1n) is 9.15. The first-order valence-corrected chi connectivity index (χ1v) is 9.53. The fourth-order valence-corrected chi connectivity index (χ4v) is 2.82. The van der Waals surface area contributed by atoms with Crippen LogP contribution in [0.2, 0.25) is 5.02 Å². The summed E-state index contributed by atoms with van der Waals surface area (Å²) in [5.74, 6) is -0.982. The number of pyridine rings is 1. The summed E-state index contributed by atoms with van der Waals surface area (Å²) in [5, 5.41) is 9.61. The Kier molecular flexibility index (Phi) is 6.68. The first kappa shape index (κ1) is 23.5. The third-order valence-electron chi connectivity index (χ3n) is 4.38. The second kappa shape index (κ2) is 9.11. The number of ether oxygens (including phenoxy) is 2. The topological polar surface area (TPSA) is 90.0 Å². The molecule has 0 amide bonds. The zero-order chi connectivity index (χ0) is 23.5. The van der Waals surface area contributed by atoms with Gasteiger partial charge in [0.2, 0.25) is 12.0 Å². The van der Waals surface area contributed by atoms with Gasteiger partial charge in [0.1, 0.15) is 28.9 Å². The van der Waals surface area contributed by atoms with Crippen LogP contribution in [0, 0.1) is 11.2 Å². The number of aromatic amines is 1. The number of carbonyl (C=O) groups is 1. The van der Waals surface area contributed by atoms with Crippen LogP contribution in [0.15, 0.2) is 42.7 Å². The van der Waals surface area contributed by atoms with Crippen molar-refractivity contribution in [2.45, 2.75) is 26.1 Å². The molecule has 0 bridgehead atoms. The Balaban J connectivity index is 1.77. The summed E-state index contributed by atoms with van der Waals surface area (Å²) in [7, 11) is 0. The van der Waals surface area contributed by atoms with Gasteiger partial charge in [-0.15, -0.1) is 0 Å². The van der Waals surface area contributed by atoms with Gasteiger partial charge in [0.25, 0.3) is 0 Å². The van der Waals surface area contributed by atoms with E-state index in [1.54, 1.807) is 13.8 Å². The van der Waals surface area contributed by atoms with Crippen molar-refractivity contribution in [2.75, 3.05) is 6.61 Å². The molecule has 0 aliphatic carbocycles. The van der Waals surface area contributed by atoms with Crippen LogP contribution in [0.1, 0.15) is 31.2 Å². The van der Waals surface area contributed by atoms with Gasteiger partial charge in [0.15, 0.2) is 5.78 Å². The molecule has 1 N–H and O–H groups in total. The normalized spacial score (nSPS) is 13.0. The number of aromatic nitrogens is 4. The van der Waals surface area contributed by atoms with Crippen LogP contribution in [0.4, 0.5) is 17.6 Å². The third-order valence-corrected chi connectivity index (χ3v) is 4.65. The molecule has 0 fully saturated rings. The highest BCUT2D eigenvalue weighted by Gasteiger charge is 2.39. The van der Waals surface area contributed by atoms with E-state index >= 15 is 0 Å². The number of carbonyl (C=O) groups excluding carboxylic acids is 1. The Morgan fingerprint density at radius 3 is 2.44 bits per heavy atom. The van der Waals surface area contributed by atoms with Crippen molar-refractivity contribution in [1.82, 2.24) is 20.4 Å². The average molecular weight is 473 g/mol. The standard InChI is InChI=1S/C20H17ClF4N4O3/c1-19(2,10-31-18-14(21)7-11(8-26-18)20(23,24)25)17(30)16(15-9-27-29-28-15)32-13-5-3-12(22)4-6-13/h3-9,16H,10H2,1-2H3,(H,27,28,29).